The third kappa shape index (κ3) is 3.26. The average Bonchev–Trinajstić information content (AvgIpc) is 2.96. The molecule has 21 heavy (non-hydrogen) atoms. The highest BCUT2D eigenvalue weighted by Crippen LogP contribution is 2.34. The minimum Gasteiger partial charge on any atom is -0.462 e. The van der Waals surface area contributed by atoms with Gasteiger partial charge in [0.25, 0.3) is 0 Å². The van der Waals surface area contributed by atoms with Crippen LogP contribution in [0.2, 0.25) is 0 Å². The van der Waals surface area contributed by atoms with E-state index in [9.17, 15) is 14.4 Å². The Balaban J connectivity index is 1.50. The minimum atomic E-state index is -0.521. The van der Waals surface area contributed by atoms with Crippen LogP contribution in [0, 0.1) is 11.8 Å². The second-order valence-corrected chi connectivity index (χ2v) is 6.30. The molecule has 0 bridgehead atoms. The topological polar surface area (TPSA) is 81.7 Å². The quantitative estimate of drug-likeness (QED) is 0.608. The van der Waals surface area contributed by atoms with Crippen LogP contribution >= 0.6 is 0 Å². The lowest BCUT2D eigenvalue weighted by Gasteiger charge is -2.38. The zero-order valence-corrected chi connectivity index (χ0v) is 12.0. The van der Waals surface area contributed by atoms with E-state index in [-0.39, 0.29) is 29.9 Å². The van der Waals surface area contributed by atoms with Crippen LogP contribution in [0.4, 0.5) is 0 Å². The molecule has 0 aromatic carbocycles. The molecule has 1 N–H and O–H groups in total. The van der Waals surface area contributed by atoms with Crippen molar-refractivity contribution in [2.24, 2.45) is 11.8 Å². The molecule has 1 amide bonds. The Morgan fingerprint density at radius 2 is 2.10 bits per heavy atom. The number of carbonyl (C=O) groups is 3. The highest BCUT2D eigenvalue weighted by Gasteiger charge is 2.38. The van der Waals surface area contributed by atoms with Crippen molar-refractivity contribution in [3.05, 3.63) is 0 Å². The number of rotatable bonds is 3. The van der Waals surface area contributed by atoms with Gasteiger partial charge in [-0.1, -0.05) is 0 Å². The van der Waals surface area contributed by atoms with E-state index >= 15 is 0 Å². The molecule has 3 rings (SSSR count). The minimum absolute atomic E-state index is 0.0310. The first-order chi connectivity index (χ1) is 10.2. The van der Waals surface area contributed by atoms with E-state index < -0.39 is 6.10 Å². The van der Waals surface area contributed by atoms with Gasteiger partial charge in [-0.05, 0) is 31.6 Å². The average molecular weight is 295 g/mol. The lowest BCUT2D eigenvalue weighted by Crippen LogP contribution is -2.48. The summed E-state index contributed by atoms with van der Waals surface area (Å²) in [5.74, 6) is -0.00470. The molecule has 3 fully saturated rings. The Labute approximate surface area is 123 Å². The number of hydrogen-bond acceptors (Lipinski definition) is 5. The molecule has 3 aliphatic rings. The van der Waals surface area contributed by atoms with Gasteiger partial charge in [0.1, 0.15) is 18.5 Å². The lowest BCUT2D eigenvalue weighted by molar-refractivity contribution is -0.161. The van der Waals surface area contributed by atoms with Crippen LogP contribution < -0.4 is 5.32 Å². The molecule has 5 atom stereocenters. The van der Waals surface area contributed by atoms with Crippen molar-refractivity contribution < 1.29 is 23.9 Å². The maximum atomic E-state index is 12.1. The van der Waals surface area contributed by atoms with Crippen LogP contribution in [0.1, 0.15) is 38.5 Å². The SMILES string of the molecule is O=CC1COC(C(=O)NC2CCC3CCC(=O)OC3C2)C1. The van der Waals surface area contributed by atoms with Crippen LogP contribution in [-0.2, 0) is 23.9 Å². The summed E-state index contributed by atoms with van der Waals surface area (Å²) in [7, 11) is 0. The summed E-state index contributed by atoms with van der Waals surface area (Å²) in [4.78, 5) is 34.2. The molecule has 2 heterocycles. The highest BCUT2D eigenvalue weighted by atomic mass is 16.5. The van der Waals surface area contributed by atoms with Gasteiger partial charge in [-0.3, -0.25) is 9.59 Å². The van der Waals surface area contributed by atoms with E-state index in [1.54, 1.807) is 0 Å². The van der Waals surface area contributed by atoms with Gasteiger partial charge in [-0.2, -0.15) is 0 Å². The summed E-state index contributed by atoms with van der Waals surface area (Å²) in [6, 6.07) is 0.0310. The predicted molar refractivity (Wildman–Crippen MR) is 72.3 cm³/mol. The molecule has 5 unspecified atom stereocenters. The van der Waals surface area contributed by atoms with Gasteiger partial charge in [0, 0.05) is 24.8 Å². The van der Waals surface area contributed by atoms with Crippen molar-refractivity contribution in [3.63, 3.8) is 0 Å². The number of hydrogen-bond donors (Lipinski definition) is 1. The molecule has 0 radical (unpaired) electrons. The number of nitrogens with one attached hydrogen (secondary N) is 1. The number of esters is 1. The fraction of sp³-hybridized carbons (Fsp3) is 0.800. The molecule has 0 aromatic rings. The Kier molecular flexibility index (Phi) is 4.24. The molecule has 0 spiro atoms. The van der Waals surface area contributed by atoms with Gasteiger partial charge in [0.2, 0.25) is 5.91 Å². The first-order valence-corrected chi connectivity index (χ1v) is 7.72. The van der Waals surface area contributed by atoms with Gasteiger partial charge >= 0.3 is 5.97 Å². The Morgan fingerprint density at radius 3 is 2.86 bits per heavy atom. The largest absolute Gasteiger partial charge is 0.462 e. The van der Waals surface area contributed by atoms with E-state index in [2.05, 4.69) is 5.32 Å². The van der Waals surface area contributed by atoms with Gasteiger partial charge in [-0.25, -0.2) is 0 Å². The van der Waals surface area contributed by atoms with Crippen molar-refractivity contribution in [2.75, 3.05) is 6.61 Å². The number of carbonyl (C=O) groups excluding carboxylic acids is 3. The van der Waals surface area contributed by atoms with E-state index in [0.717, 1.165) is 25.5 Å². The first-order valence-electron chi connectivity index (χ1n) is 7.72. The summed E-state index contributed by atoms with van der Waals surface area (Å²) < 4.78 is 10.7. The molecule has 1 aliphatic carbocycles. The summed E-state index contributed by atoms with van der Waals surface area (Å²) >= 11 is 0. The fourth-order valence-corrected chi connectivity index (χ4v) is 3.55. The lowest BCUT2D eigenvalue weighted by atomic mass is 9.79. The normalized spacial score (nSPS) is 39.2. The Morgan fingerprint density at radius 1 is 1.24 bits per heavy atom. The zero-order valence-electron chi connectivity index (χ0n) is 12.0. The fourth-order valence-electron chi connectivity index (χ4n) is 3.55. The van der Waals surface area contributed by atoms with E-state index in [4.69, 9.17) is 9.47 Å². The smallest absolute Gasteiger partial charge is 0.306 e. The molecule has 6 heteroatoms. The van der Waals surface area contributed by atoms with Crippen LogP contribution in [0.5, 0.6) is 0 Å². The van der Waals surface area contributed by atoms with Crippen LogP contribution in [0.25, 0.3) is 0 Å². The number of ether oxygens (including phenoxy) is 2. The summed E-state index contributed by atoms with van der Waals surface area (Å²) in [5.41, 5.74) is 0. The van der Waals surface area contributed by atoms with E-state index in [1.807, 2.05) is 0 Å². The molecule has 2 aliphatic heterocycles. The first kappa shape index (κ1) is 14.5. The van der Waals surface area contributed by atoms with Crippen molar-refractivity contribution >= 4 is 18.2 Å². The van der Waals surface area contributed by atoms with Crippen molar-refractivity contribution in [1.29, 1.82) is 0 Å². The van der Waals surface area contributed by atoms with Gasteiger partial charge < -0.3 is 19.6 Å². The molecule has 116 valence electrons. The zero-order chi connectivity index (χ0) is 14.8. The summed E-state index contributed by atoms with van der Waals surface area (Å²) in [6.07, 6.45) is 4.72. The van der Waals surface area contributed by atoms with E-state index in [1.165, 1.54) is 0 Å². The third-order valence-electron chi connectivity index (χ3n) is 4.79. The summed E-state index contributed by atoms with van der Waals surface area (Å²) in [5, 5.41) is 2.98. The number of amides is 1. The summed E-state index contributed by atoms with van der Waals surface area (Å²) in [6.45, 7) is 0.328. The molecule has 0 aromatic heterocycles. The standard InChI is InChI=1S/C15H21NO5/c17-7-9-5-13(20-8-9)15(19)16-11-3-1-10-2-4-14(18)21-12(10)6-11/h7,9-13H,1-6,8H2,(H,16,19). The van der Waals surface area contributed by atoms with Crippen LogP contribution in [0.15, 0.2) is 0 Å². The highest BCUT2D eigenvalue weighted by molar-refractivity contribution is 5.82. The van der Waals surface area contributed by atoms with Crippen LogP contribution in [0.3, 0.4) is 0 Å². The Bertz CT molecular complexity index is 438. The van der Waals surface area contributed by atoms with Gasteiger partial charge in [-0.15, -0.1) is 0 Å². The van der Waals surface area contributed by atoms with Gasteiger partial charge in [0.15, 0.2) is 0 Å². The molecular formula is C15H21NO5. The number of fused-ring (bicyclic) bond motifs is 1. The van der Waals surface area contributed by atoms with E-state index in [0.29, 0.717) is 31.8 Å². The maximum absolute atomic E-state index is 12.1. The maximum Gasteiger partial charge on any atom is 0.306 e. The van der Waals surface area contributed by atoms with Crippen molar-refractivity contribution in [1.82, 2.24) is 5.32 Å². The second-order valence-electron chi connectivity index (χ2n) is 6.30. The number of aldehydes is 1. The molecule has 1 saturated carbocycles. The second kappa shape index (κ2) is 6.13. The predicted octanol–water partition coefficient (Wildman–Crippen LogP) is 0.581. The molecular weight excluding hydrogens is 274 g/mol. The van der Waals surface area contributed by atoms with Crippen molar-refractivity contribution in [2.45, 2.75) is 56.8 Å². The molecule has 6 nitrogen and oxygen atoms in total. The monoisotopic (exact) mass is 295 g/mol. The van der Waals surface area contributed by atoms with Gasteiger partial charge in [0.05, 0.1) is 6.61 Å². The van der Waals surface area contributed by atoms with Crippen molar-refractivity contribution in [3.8, 4) is 0 Å². The third-order valence-corrected chi connectivity index (χ3v) is 4.79. The molecule has 2 saturated heterocycles. The van der Waals surface area contributed by atoms with Crippen LogP contribution in [-0.4, -0.2) is 43.0 Å². The Hall–Kier alpha value is -1.43.